The number of nitrogens with one attached hydrogen (secondary N) is 2. The van der Waals surface area contributed by atoms with Gasteiger partial charge in [-0.15, -0.1) is 5.10 Å². The number of ether oxygens (including phenoxy) is 1. The number of anilines is 1. The maximum Gasteiger partial charge on any atom is 0.337 e. The number of amides is 1. The maximum absolute atomic E-state index is 12.2. The second kappa shape index (κ2) is 6.74. The maximum atomic E-state index is 12.2. The van der Waals surface area contributed by atoms with E-state index in [0.717, 1.165) is 5.56 Å². The molecular formula is C17H14N4O3. The zero-order valence-corrected chi connectivity index (χ0v) is 12.8. The van der Waals surface area contributed by atoms with Crippen molar-refractivity contribution in [2.45, 2.75) is 0 Å². The molecule has 3 rings (SSSR count). The highest BCUT2D eigenvalue weighted by Crippen LogP contribution is 2.15. The largest absolute Gasteiger partial charge is 0.465 e. The molecule has 7 nitrogen and oxygen atoms in total. The summed E-state index contributed by atoms with van der Waals surface area (Å²) in [5.41, 5.74) is 1.62. The molecule has 0 spiro atoms. The Kier molecular flexibility index (Phi) is 4.33. The fraction of sp³-hybridized carbons (Fsp3) is 0.0588. The number of hydrogen-bond donors (Lipinski definition) is 2. The topological polar surface area (TPSA) is 97.0 Å². The van der Waals surface area contributed by atoms with Crippen molar-refractivity contribution >= 4 is 17.8 Å². The van der Waals surface area contributed by atoms with E-state index in [4.69, 9.17) is 0 Å². The van der Waals surface area contributed by atoms with Gasteiger partial charge in [0.2, 0.25) is 5.95 Å². The van der Waals surface area contributed by atoms with E-state index in [-0.39, 0.29) is 11.9 Å². The van der Waals surface area contributed by atoms with Gasteiger partial charge in [-0.1, -0.05) is 30.3 Å². The highest BCUT2D eigenvalue weighted by Gasteiger charge is 2.12. The fourth-order valence-electron chi connectivity index (χ4n) is 2.09. The molecule has 1 heterocycles. The average molecular weight is 322 g/mol. The van der Waals surface area contributed by atoms with Gasteiger partial charge < -0.3 is 4.74 Å². The van der Waals surface area contributed by atoms with Crippen LogP contribution in [0.15, 0.2) is 54.6 Å². The first-order chi connectivity index (χ1) is 11.7. The van der Waals surface area contributed by atoms with Gasteiger partial charge in [0.15, 0.2) is 5.82 Å². The predicted octanol–water partition coefficient (Wildman–Crippen LogP) is 2.51. The smallest absolute Gasteiger partial charge is 0.337 e. The summed E-state index contributed by atoms with van der Waals surface area (Å²) in [5.74, 6) is -0.0868. The third-order valence-corrected chi connectivity index (χ3v) is 3.33. The Morgan fingerprint density at radius 1 is 1.00 bits per heavy atom. The van der Waals surface area contributed by atoms with E-state index in [9.17, 15) is 9.59 Å². The summed E-state index contributed by atoms with van der Waals surface area (Å²) in [5, 5.41) is 9.35. The number of rotatable bonds is 4. The van der Waals surface area contributed by atoms with E-state index in [1.807, 2.05) is 30.3 Å². The van der Waals surface area contributed by atoms with Gasteiger partial charge in [0.05, 0.1) is 12.7 Å². The minimum Gasteiger partial charge on any atom is -0.465 e. The highest BCUT2D eigenvalue weighted by molar-refractivity contribution is 6.04. The van der Waals surface area contributed by atoms with Gasteiger partial charge in [0.1, 0.15) is 0 Å². The van der Waals surface area contributed by atoms with Gasteiger partial charge in [-0.3, -0.25) is 15.2 Å². The van der Waals surface area contributed by atoms with Crippen molar-refractivity contribution in [3.05, 3.63) is 65.7 Å². The number of carbonyl (C=O) groups is 2. The van der Waals surface area contributed by atoms with E-state index in [1.165, 1.54) is 31.4 Å². The minimum absolute atomic E-state index is 0.177. The van der Waals surface area contributed by atoms with Crippen LogP contribution in [-0.2, 0) is 4.74 Å². The standard InChI is InChI=1S/C17H14N4O3/c1-24-16(23)13-9-7-12(8-10-13)15(22)19-17-18-14(20-21-17)11-5-3-2-4-6-11/h2-10H,1H3,(H2,18,19,20,21,22). The van der Waals surface area contributed by atoms with Crippen molar-refractivity contribution < 1.29 is 14.3 Å². The van der Waals surface area contributed by atoms with Gasteiger partial charge in [0.25, 0.3) is 5.91 Å². The van der Waals surface area contributed by atoms with Crippen molar-refractivity contribution in [3.63, 3.8) is 0 Å². The SMILES string of the molecule is COC(=O)c1ccc(C(=O)Nc2n[nH]c(-c3ccccc3)n2)cc1. The van der Waals surface area contributed by atoms with Crippen LogP contribution >= 0.6 is 0 Å². The summed E-state index contributed by atoms with van der Waals surface area (Å²) >= 11 is 0. The highest BCUT2D eigenvalue weighted by atomic mass is 16.5. The lowest BCUT2D eigenvalue weighted by Crippen LogP contribution is -2.13. The molecule has 0 aliphatic rings. The van der Waals surface area contributed by atoms with Crippen molar-refractivity contribution in [2.75, 3.05) is 12.4 Å². The molecule has 2 N–H and O–H groups in total. The molecule has 2 aromatic carbocycles. The Morgan fingerprint density at radius 3 is 2.33 bits per heavy atom. The monoisotopic (exact) mass is 322 g/mol. The molecule has 0 atom stereocenters. The Bertz CT molecular complexity index is 857. The molecule has 0 aliphatic heterocycles. The molecule has 0 radical (unpaired) electrons. The number of aromatic amines is 1. The van der Waals surface area contributed by atoms with Crippen LogP contribution in [0.5, 0.6) is 0 Å². The number of aromatic nitrogens is 3. The van der Waals surface area contributed by atoms with Crippen LogP contribution in [0.25, 0.3) is 11.4 Å². The minimum atomic E-state index is -0.455. The summed E-state index contributed by atoms with van der Waals surface area (Å²) in [6, 6.07) is 15.6. The zero-order chi connectivity index (χ0) is 16.9. The number of esters is 1. The molecule has 0 unspecified atom stereocenters. The normalized spacial score (nSPS) is 10.2. The van der Waals surface area contributed by atoms with Crippen LogP contribution in [0, 0.1) is 0 Å². The van der Waals surface area contributed by atoms with Gasteiger partial charge in [0, 0.05) is 11.1 Å². The second-order valence-electron chi connectivity index (χ2n) is 4.90. The fourth-order valence-corrected chi connectivity index (χ4v) is 2.09. The second-order valence-corrected chi connectivity index (χ2v) is 4.90. The lowest BCUT2D eigenvalue weighted by molar-refractivity contribution is 0.0600. The number of nitrogens with zero attached hydrogens (tertiary/aromatic N) is 2. The lowest BCUT2D eigenvalue weighted by atomic mass is 10.1. The van der Waals surface area contributed by atoms with Crippen LogP contribution in [0.2, 0.25) is 0 Å². The summed E-state index contributed by atoms with van der Waals surface area (Å²) < 4.78 is 4.61. The van der Waals surface area contributed by atoms with Crippen LogP contribution in [-0.4, -0.2) is 34.2 Å². The summed E-state index contributed by atoms with van der Waals surface area (Å²) in [6.07, 6.45) is 0. The quantitative estimate of drug-likeness (QED) is 0.719. The molecule has 1 aromatic heterocycles. The molecule has 24 heavy (non-hydrogen) atoms. The molecule has 0 saturated heterocycles. The molecule has 3 aromatic rings. The Balaban J connectivity index is 1.71. The van der Waals surface area contributed by atoms with Crippen LogP contribution in [0.4, 0.5) is 5.95 Å². The molecule has 0 saturated carbocycles. The molecule has 120 valence electrons. The summed E-state index contributed by atoms with van der Waals surface area (Å²) in [4.78, 5) is 27.8. The van der Waals surface area contributed by atoms with Gasteiger partial charge in [-0.25, -0.2) is 4.79 Å². The average Bonchev–Trinajstić information content (AvgIpc) is 3.10. The molecule has 1 amide bonds. The van der Waals surface area contributed by atoms with Crippen LogP contribution in [0.3, 0.4) is 0 Å². The predicted molar refractivity (Wildman–Crippen MR) is 87.6 cm³/mol. The van der Waals surface area contributed by atoms with Crippen molar-refractivity contribution in [3.8, 4) is 11.4 Å². The first-order valence-corrected chi connectivity index (χ1v) is 7.15. The number of hydrogen-bond acceptors (Lipinski definition) is 5. The van der Waals surface area contributed by atoms with Crippen molar-refractivity contribution in [1.82, 2.24) is 15.2 Å². The van der Waals surface area contributed by atoms with E-state index in [0.29, 0.717) is 17.0 Å². The Hall–Kier alpha value is -3.48. The van der Waals surface area contributed by atoms with E-state index >= 15 is 0 Å². The molecular weight excluding hydrogens is 308 g/mol. The lowest BCUT2D eigenvalue weighted by Gasteiger charge is -2.02. The first kappa shape index (κ1) is 15.4. The zero-order valence-electron chi connectivity index (χ0n) is 12.8. The molecule has 0 bridgehead atoms. The third kappa shape index (κ3) is 3.30. The van der Waals surface area contributed by atoms with Crippen molar-refractivity contribution in [1.29, 1.82) is 0 Å². The van der Waals surface area contributed by atoms with E-state index < -0.39 is 5.97 Å². The Morgan fingerprint density at radius 2 is 1.67 bits per heavy atom. The van der Waals surface area contributed by atoms with Crippen molar-refractivity contribution in [2.24, 2.45) is 0 Å². The van der Waals surface area contributed by atoms with Gasteiger partial charge >= 0.3 is 5.97 Å². The number of H-pyrrole nitrogens is 1. The molecule has 7 heteroatoms. The summed E-state index contributed by atoms with van der Waals surface area (Å²) in [7, 11) is 1.30. The first-order valence-electron chi connectivity index (χ1n) is 7.15. The number of carbonyl (C=O) groups excluding carboxylic acids is 2. The number of benzene rings is 2. The van der Waals surface area contributed by atoms with E-state index in [2.05, 4.69) is 25.2 Å². The summed E-state index contributed by atoms with van der Waals surface area (Å²) in [6.45, 7) is 0. The van der Waals surface area contributed by atoms with E-state index in [1.54, 1.807) is 0 Å². The van der Waals surface area contributed by atoms with Crippen LogP contribution < -0.4 is 5.32 Å². The Labute approximate surface area is 137 Å². The van der Waals surface area contributed by atoms with Gasteiger partial charge in [-0.05, 0) is 24.3 Å². The van der Waals surface area contributed by atoms with Crippen LogP contribution in [0.1, 0.15) is 20.7 Å². The van der Waals surface area contributed by atoms with Gasteiger partial charge in [-0.2, -0.15) is 4.98 Å². The number of methoxy groups -OCH3 is 1. The molecule has 0 aliphatic carbocycles. The third-order valence-electron chi connectivity index (χ3n) is 3.33. The molecule has 0 fully saturated rings.